The Kier molecular flexibility index (Phi) is 5.81. The normalized spacial score (nSPS) is 11.7. The summed E-state index contributed by atoms with van der Waals surface area (Å²) in [7, 11) is 1.55. The number of halogens is 1. The van der Waals surface area contributed by atoms with Crippen molar-refractivity contribution in [2.24, 2.45) is 12.1 Å². The molecule has 156 valence electrons. The zero-order valence-electron chi connectivity index (χ0n) is 16.6. The standard InChI is InChI=1S/C22H19ClN6O2/c1-28-19-18(20(30)26-22(28)31)29(14-16-9-11-17(23)12-10-16)21(25-19)27-24-13-5-8-15-6-3-2-4-7-15/h2-13H,14H2,1H3,(H,25,27)(H,26,30,31)/b8-5+,24-13-. The van der Waals surface area contributed by atoms with Gasteiger partial charge in [-0.3, -0.25) is 18.9 Å². The lowest BCUT2D eigenvalue weighted by molar-refractivity contribution is 0.808. The highest BCUT2D eigenvalue weighted by Gasteiger charge is 2.17. The van der Waals surface area contributed by atoms with E-state index in [1.54, 1.807) is 36.0 Å². The average molecular weight is 435 g/mol. The number of aromatic nitrogens is 4. The van der Waals surface area contributed by atoms with E-state index >= 15 is 0 Å². The maximum absolute atomic E-state index is 12.5. The number of fused-ring (bicyclic) bond motifs is 1. The van der Waals surface area contributed by atoms with Gasteiger partial charge in [0.2, 0.25) is 5.95 Å². The third kappa shape index (κ3) is 4.49. The summed E-state index contributed by atoms with van der Waals surface area (Å²) in [5, 5.41) is 4.80. The van der Waals surface area contributed by atoms with Crippen molar-refractivity contribution in [1.29, 1.82) is 0 Å². The van der Waals surface area contributed by atoms with E-state index in [1.165, 1.54) is 4.57 Å². The molecule has 0 saturated heterocycles. The minimum atomic E-state index is -0.533. The summed E-state index contributed by atoms with van der Waals surface area (Å²) in [5.41, 5.74) is 4.32. The fraction of sp³-hybridized carbons (Fsp3) is 0.0909. The Bertz CT molecular complexity index is 1380. The number of aromatic amines is 1. The van der Waals surface area contributed by atoms with Crippen molar-refractivity contribution in [1.82, 2.24) is 19.1 Å². The molecule has 0 aliphatic heterocycles. The molecule has 0 radical (unpaired) electrons. The number of H-pyrrole nitrogens is 1. The highest BCUT2D eigenvalue weighted by atomic mass is 35.5. The number of anilines is 1. The Balaban J connectivity index is 1.68. The lowest BCUT2D eigenvalue weighted by Gasteiger charge is -2.08. The second kappa shape index (κ2) is 8.85. The molecule has 0 unspecified atom stereocenters. The van der Waals surface area contributed by atoms with Gasteiger partial charge in [0, 0.05) is 18.3 Å². The van der Waals surface area contributed by atoms with Gasteiger partial charge >= 0.3 is 5.69 Å². The van der Waals surface area contributed by atoms with Crippen molar-refractivity contribution in [2.45, 2.75) is 6.54 Å². The van der Waals surface area contributed by atoms with Gasteiger partial charge in [-0.25, -0.2) is 10.2 Å². The third-order valence-corrected chi connectivity index (χ3v) is 4.93. The molecule has 4 rings (SSSR count). The van der Waals surface area contributed by atoms with Gasteiger partial charge in [0.25, 0.3) is 5.56 Å². The Morgan fingerprint density at radius 2 is 1.87 bits per heavy atom. The quantitative estimate of drug-likeness (QED) is 0.359. The van der Waals surface area contributed by atoms with Gasteiger partial charge in [-0.1, -0.05) is 60.1 Å². The first-order chi connectivity index (χ1) is 15.0. The lowest BCUT2D eigenvalue weighted by Crippen LogP contribution is -2.29. The van der Waals surface area contributed by atoms with Crippen LogP contribution in [-0.4, -0.2) is 25.3 Å². The molecule has 2 heterocycles. The smallest absolute Gasteiger partial charge is 0.298 e. The summed E-state index contributed by atoms with van der Waals surface area (Å²) in [6, 6.07) is 17.1. The molecule has 0 atom stereocenters. The van der Waals surface area contributed by atoms with Gasteiger partial charge in [-0.2, -0.15) is 10.1 Å². The second-order valence-corrected chi connectivity index (χ2v) is 7.23. The van der Waals surface area contributed by atoms with Crippen molar-refractivity contribution in [2.75, 3.05) is 5.43 Å². The number of nitrogens with one attached hydrogen (secondary N) is 2. The van der Waals surface area contributed by atoms with Crippen LogP contribution in [-0.2, 0) is 13.6 Å². The van der Waals surface area contributed by atoms with Gasteiger partial charge in [-0.05, 0) is 29.3 Å². The van der Waals surface area contributed by atoms with E-state index in [0.717, 1.165) is 11.1 Å². The van der Waals surface area contributed by atoms with Crippen molar-refractivity contribution < 1.29 is 0 Å². The largest absolute Gasteiger partial charge is 0.329 e. The van der Waals surface area contributed by atoms with Crippen LogP contribution in [0.4, 0.5) is 5.95 Å². The van der Waals surface area contributed by atoms with Crippen LogP contribution in [0.3, 0.4) is 0 Å². The third-order valence-electron chi connectivity index (χ3n) is 4.67. The Morgan fingerprint density at radius 1 is 1.13 bits per heavy atom. The first-order valence-electron chi connectivity index (χ1n) is 9.48. The number of aryl methyl sites for hydroxylation is 1. The van der Waals surface area contributed by atoms with Gasteiger partial charge in [0.05, 0.1) is 6.54 Å². The first kappa shape index (κ1) is 20.4. The van der Waals surface area contributed by atoms with Crippen LogP contribution in [0.2, 0.25) is 5.02 Å². The molecule has 8 nitrogen and oxygen atoms in total. The Labute approximate surface area is 182 Å². The SMILES string of the molecule is Cn1c(=O)[nH]c(=O)c2c1nc(N/N=C\C=C\c1ccccc1)n2Cc1ccc(Cl)cc1. The highest BCUT2D eigenvalue weighted by Crippen LogP contribution is 2.19. The van der Waals surface area contributed by atoms with Gasteiger partial charge in [0.1, 0.15) is 0 Å². The van der Waals surface area contributed by atoms with Crippen LogP contribution in [0.1, 0.15) is 11.1 Å². The number of benzene rings is 2. The lowest BCUT2D eigenvalue weighted by atomic mass is 10.2. The monoisotopic (exact) mass is 434 g/mol. The number of allylic oxidation sites excluding steroid dienone is 1. The average Bonchev–Trinajstić information content (AvgIpc) is 3.13. The molecule has 4 aromatic rings. The van der Waals surface area contributed by atoms with E-state index in [0.29, 0.717) is 17.5 Å². The minimum Gasteiger partial charge on any atom is -0.298 e. The van der Waals surface area contributed by atoms with E-state index in [1.807, 2.05) is 48.5 Å². The van der Waals surface area contributed by atoms with Crippen molar-refractivity contribution in [3.05, 3.63) is 97.7 Å². The molecule has 2 aromatic heterocycles. The van der Waals surface area contributed by atoms with E-state index in [9.17, 15) is 9.59 Å². The summed E-state index contributed by atoms with van der Waals surface area (Å²) < 4.78 is 2.97. The first-order valence-corrected chi connectivity index (χ1v) is 9.85. The van der Waals surface area contributed by atoms with Gasteiger partial charge in [0.15, 0.2) is 11.2 Å². The molecule has 2 aromatic carbocycles. The molecular formula is C22H19ClN6O2. The molecule has 0 bridgehead atoms. The van der Waals surface area contributed by atoms with Crippen LogP contribution in [0.25, 0.3) is 17.2 Å². The van der Waals surface area contributed by atoms with E-state index in [4.69, 9.17) is 11.6 Å². The molecule has 2 N–H and O–H groups in total. The Hall–Kier alpha value is -3.91. The zero-order chi connectivity index (χ0) is 21.8. The summed E-state index contributed by atoms with van der Waals surface area (Å²) in [6.07, 6.45) is 5.29. The van der Waals surface area contributed by atoms with Crippen LogP contribution in [0, 0.1) is 0 Å². The topological polar surface area (TPSA) is 97.1 Å². The zero-order valence-corrected chi connectivity index (χ0v) is 17.4. The molecule has 0 aliphatic carbocycles. The summed E-state index contributed by atoms with van der Waals surface area (Å²) in [5.74, 6) is 0.334. The molecule has 9 heteroatoms. The van der Waals surface area contributed by atoms with E-state index in [2.05, 4.69) is 20.5 Å². The predicted molar refractivity (Wildman–Crippen MR) is 124 cm³/mol. The van der Waals surface area contributed by atoms with Crippen LogP contribution >= 0.6 is 11.6 Å². The second-order valence-electron chi connectivity index (χ2n) is 6.80. The molecule has 0 aliphatic rings. The molecule has 0 amide bonds. The summed E-state index contributed by atoms with van der Waals surface area (Å²) in [4.78, 5) is 31.3. The highest BCUT2D eigenvalue weighted by molar-refractivity contribution is 6.30. The number of imidazole rings is 1. The molecule has 0 fully saturated rings. The maximum atomic E-state index is 12.5. The Morgan fingerprint density at radius 3 is 2.61 bits per heavy atom. The van der Waals surface area contributed by atoms with Crippen LogP contribution in [0.15, 0.2) is 75.4 Å². The minimum absolute atomic E-state index is 0.264. The molecule has 0 saturated carbocycles. The van der Waals surface area contributed by atoms with Gasteiger partial charge in [-0.15, -0.1) is 0 Å². The van der Waals surface area contributed by atoms with Crippen LogP contribution < -0.4 is 16.7 Å². The number of hydrogen-bond donors (Lipinski definition) is 2. The number of hydrogen-bond acceptors (Lipinski definition) is 5. The number of rotatable bonds is 6. The fourth-order valence-corrected chi connectivity index (χ4v) is 3.23. The molecule has 0 spiro atoms. The van der Waals surface area contributed by atoms with Gasteiger partial charge < -0.3 is 0 Å². The van der Waals surface area contributed by atoms with Crippen molar-refractivity contribution >= 4 is 41.0 Å². The van der Waals surface area contributed by atoms with E-state index < -0.39 is 11.2 Å². The maximum Gasteiger partial charge on any atom is 0.329 e. The summed E-state index contributed by atoms with van der Waals surface area (Å²) >= 11 is 5.98. The van der Waals surface area contributed by atoms with E-state index in [-0.39, 0.29) is 11.2 Å². The number of nitrogens with zero attached hydrogens (tertiary/aromatic N) is 4. The number of hydrazone groups is 1. The van der Waals surface area contributed by atoms with Crippen molar-refractivity contribution in [3.63, 3.8) is 0 Å². The predicted octanol–water partition coefficient (Wildman–Crippen LogP) is 3.24. The summed E-state index contributed by atoms with van der Waals surface area (Å²) in [6.45, 7) is 0.340. The van der Waals surface area contributed by atoms with Crippen molar-refractivity contribution in [3.8, 4) is 0 Å². The molecule has 31 heavy (non-hydrogen) atoms. The van der Waals surface area contributed by atoms with Crippen LogP contribution in [0.5, 0.6) is 0 Å². The fourth-order valence-electron chi connectivity index (χ4n) is 3.10. The molecular weight excluding hydrogens is 416 g/mol.